The molecular formula is C13H16BrNOS. The van der Waals surface area contributed by atoms with E-state index in [0.29, 0.717) is 5.92 Å². The Balaban J connectivity index is 2.01. The molecule has 0 radical (unpaired) electrons. The monoisotopic (exact) mass is 313 g/mol. The van der Waals surface area contributed by atoms with E-state index in [1.165, 1.54) is 5.75 Å². The minimum atomic E-state index is -0.0368. The standard InChI is InChI=1S/C13H16BrNOS/c1-8-6-17-7-13(8)5-11(15)10-4-9(14)2-3-12(10)16-13/h2-4,8,11H,5-7,15H2,1H3. The maximum atomic E-state index is 6.32. The van der Waals surface area contributed by atoms with Gasteiger partial charge in [0, 0.05) is 34.2 Å². The first-order valence-corrected chi connectivity index (χ1v) is 7.87. The maximum absolute atomic E-state index is 6.32. The molecule has 2 heterocycles. The molecule has 0 aliphatic carbocycles. The molecule has 1 aromatic rings. The zero-order valence-electron chi connectivity index (χ0n) is 9.78. The molecule has 1 fully saturated rings. The number of nitrogens with two attached hydrogens (primary N) is 1. The fourth-order valence-electron chi connectivity index (χ4n) is 2.74. The van der Waals surface area contributed by atoms with Crippen molar-refractivity contribution in [2.45, 2.75) is 25.0 Å². The number of halogens is 1. The molecule has 4 heteroatoms. The molecule has 3 rings (SSSR count). The zero-order valence-corrected chi connectivity index (χ0v) is 12.2. The molecule has 2 N–H and O–H groups in total. The lowest BCUT2D eigenvalue weighted by Gasteiger charge is -2.41. The van der Waals surface area contributed by atoms with Crippen molar-refractivity contribution in [2.24, 2.45) is 11.7 Å². The van der Waals surface area contributed by atoms with Gasteiger partial charge >= 0.3 is 0 Å². The molecule has 2 aliphatic heterocycles. The largest absolute Gasteiger partial charge is 0.486 e. The molecule has 1 aromatic carbocycles. The van der Waals surface area contributed by atoms with E-state index in [1.807, 2.05) is 23.9 Å². The predicted molar refractivity (Wildman–Crippen MR) is 75.5 cm³/mol. The molecule has 2 aliphatic rings. The van der Waals surface area contributed by atoms with Gasteiger partial charge in [-0.3, -0.25) is 0 Å². The van der Waals surface area contributed by atoms with Gasteiger partial charge in [-0.15, -0.1) is 0 Å². The fourth-order valence-corrected chi connectivity index (χ4v) is 4.70. The summed E-state index contributed by atoms with van der Waals surface area (Å²) >= 11 is 5.47. The SMILES string of the molecule is CC1CSCC12CC(N)c1cc(Br)ccc1O2. The zero-order chi connectivity index (χ0) is 12.0. The normalized spacial score (nSPS) is 35.7. The van der Waals surface area contributed by atoms with Crippen LogP contribution < -0.4 is 10.5 Å². The van der Waals surface area contributed by atoms with Crippen molar-refractivity contribution in [2.75, 3.05) is 11.5 Å². The smallest absolute Gasteiger partial charge is 0.125 e. The van der Waals surface area contributed by atoms with Crippen molar-refractivity contribution in [3.05, 3.63) is 28.2 Å². The van der Waals surface area contributed by atoms with Gasteiger partial charge in [0.15, 0.2) is 0 Å². The van der Waals surface area contributed by atoms with E-state index < -0.39 is 0 Å². The lowest BCUT2D eigenvalue weighted by molar-refractivity contribution is 0.0238. The highest BCUT2D eigenvalue weighted by Gasteiger charge is 2.47. The summed E-state index contributed by atoms with van der Waals surface area (Å²) in [5.74, 6) is 3.80. The third-order valence-corrected chi connectivity index (χ3v) is 5.78. The van der Waals surface area contributed by atoms with E-state index in [-0.39, 0.29) is 11.6 Å². The second kappa shape index (κ2) is 4.18. The summed E-state index contributed by atoms with van der Waals surface area (Å²) in [5, 5.41) is 0. The van der Waals surface area contributed by atoms with E-state index in [4.69, 9.17) is 10.5 Å². The van der Waals surface area contributed by atoms with Crippen LogP contribution in [0.1, 0.15) is 24.9 Å². The molecule has 92 valence electrons. The maximum Gasteiger partial charge on any atom is 0.125 e. The van der Waals surface area contributed by atoms with E-state index in [2.05, 4.69) is 28.9 Å². The highest BCUT2D eigenvalue weighted by Crippen LogP contribution is 2.48. The molecule has 3 atom stereocenters. The number of hydrogen-bond donors (Lipinski definition) is 1. The lowest BCUT2D eigenvalue weighted by Crippen LogP contribution is -2.47. The van der Waals surface area contributed by atoms with Crippen LogP contribution in [-0.2, 0) is 0 Å². The molecule has 0 saturated carbocycles. The highest BCUT2D eigenvalue weighted by molar-refractivity contribution is 9.10. The van der Waals surface area contributed by atoms with Gasteiger partial charge in [-0.25, -0.2) is 0 Å². The Morgan fingerprint density at radius 3 is 3.06 bits per heavy atom. The Morgan fingerprint density at radius 1 is 1.53 bits per heavy atom. The van der Waals surface area contributed by atoms with Crippen LogP contribution in [0.25, 0.3) is 0 Å². The Labute approximate surface area is 114 Å². The Bertz CT molecular complexity index is 453. The molecule has 0 bridgehead atoms. The van der Waals surface area contributed by atoms with Crippen molar-refractivity contribution < 1.29 is 4.74 Å². The molecule has 17 heavy (non-hydrogen) atoms. The summed E-state index contributed by atoms with van der Waals surface area (Å²) < 4.78 is 7.37. The van der Waals surface area contributed by atoms with E-state index in [9.17, 15) is 0 Å². The summed E-state index contributed by atoms with van der Waals surface area (Å²) in [6.07, 6.45) is 0.935. The third-order valence-electron chi connectivity index (χ3n) is 3.86. The average Bonchev–Trinajstić information content (AvgIpc) is 2.62. The molecule has 1 saturated heterocycles. The van der Waals surface area contributed by atoms with Crippen molar-refractivity contribution in [3.8, 4) is 5.75 Å². The molecule has 2 nitrogen and oxygen atoms in total. The van der Waals surface area contributed by atoms with Crippen molar-refractivity contribution >= 4 is 27.7 Å². The highest BCUT2D eigenvalue weighted by atomic mass is 79.9. The Morgan fingerprint density at radius 2 is 2.35 bits per heavy atom. The topological polar surface area (TPSA) is 35.2 Å². The third kappa shape index (κ3) is 1.90. The summed E-state index contributed by atoms with van der Waals surface area (Å²) in [5.41, 5.74) is 7.42. The first-order valence-electron chi connectivity index (χ1n) is 5.92. The van der Waals surface area contributed by atoms with Gasteiger partial charge in [-0.05, 0) is 24.0 Å². The van der Waals surface area contributed by atoms with Crippen molar-refractivity contribution in [3.63, 3.8) is 0 Å². The summed E-state index contributed by atoms with van der Waals surface area (Å²) in [6, 6.07) is 6.24. The van der Waals surface area contributed by atoms with Crippen molar-refractivity contribution in [1.82, 2.24) is 0 Å². The van der Waals surface area contributed by atoms with Crippen LogP contribution in [0.4, 0.5) is 0 Å². The number of ether oxygens (including phenoxy) is 1. The van der Waals surface area contributed by atoms with Gasteiger partial charge in [-0.2, -0.15) is 11.8 Å². The number of hydrogen-bond acceptors (Lipinski definition) is 3. The quantitative estimate of drug-likeness (QED) is 0.797. The van der Waals surface area contributed by atoms with Gasteiger partial charge in [-0.1, -0.05) is 22.9 Å². The van der Waals surface area contributed by atoms with E-state index in [1.54, 1.807) is 0 Å². The van der Waals surface area contributed by atoms with Gasteiger partial charge in [0.05, 0.1) is 0 Å². The van der Waals surface area contributed by atoms with Crippen LogP contribution in [0, 0.1) is 5.92 Å². The summed E-state index contributed by atoms with van der Waals surface area (Å²) in [7, 11) is 0. The van der Waals surface area contributed by atoms with E-state index in [0.717, 1.165) is 28.0 Å². The minimum Gasteiger partial charge on any atom is -0.486 e. The molecule has 0 aromatic heterocycles. The first kappa shape index (κ1) is 11.9. The van der Waals surface area contributed by atoms with Crippen LogP contribution in [0.2, 0.25) is 0 Å². The van der Waals surface area contributed by atoms with Gasteiger partial charge in [0.1, 0.15) is 11.4 Å². The second-order valence-corrected chi connectivity index (χ2v) is 7.02. The van der Waals surface area contributed by atoms with Gasteiger partial charge in [0.2, 0.25) is 0 Å². The van der Waals surface area contributed by atoms with Gasteiger partial charge < -0.3 is 10.5 Å². The van der Waals surface area contributed by atoms with Gasteiger partial charge in [0.25, 0.3) is 0 Å². The molecular weight excluding hydrogens is 298 g/mol. The Kier molecular flexibility index (Phi) is 2.92. The van der Waals surface area contributed by atoms with E-state index >= 15 is 0 Å². The minimum absolute atomic E-state index is 0.0368. The fraction of sp³-hybridized carbons (Fsp3) is 0.538. The van der Waals surface area contributed by atoms with Crippen LogP contribution in [0.15, 0.2) is 22.7 Å². The molecule has 0 amide bonds. The van der Waals surface area contributed by atoms with Crippen LogP contribution in [0.5, 0.6) is 5.75 Å². The number of fused-ring (bicyclic) bond motifs is 1. The first-order chi connectivity index (χ1) is 8.11. The van der Waals surface area contributed by atoms with Crippen LogP contribution in [-0.4, -0.2) is 17.1 Å². The second-order valence-electron chi connectivity index (χ2n) is 5.08. The lowest BCUT2D eigenvalue weighted by atomic mass is 9.81. The Hall–Kier alpha value is -0.190. The number of rotatable bonds is 0. The van der Waals surface area contributed by atoms with Crippen LogP contribution in [0.3, 0.4) is 0 Å². The van der Waals surface area contributed by atoms with Crippen molar-refractivity contribution in [1.29, 1.82) is 0 Å². The molecule has 1 spiro atoms. The molecule has 3 unspecified atom stereocenters. The summed E-state index contributed by atoms with van der Waals surface area (Å²) in [4.78, 5) is 0. The number of thioether (sulfide) groups is 1. The van der Waals surface area contributed by atoms with Crippen LogP contribution >= 0.6 is 27.7 Å². The summed E-state index contributed by atoms with van der Waals surface area (Å²) in [6.45, 7) is 2.27. The number of benzene rings is 1. The average molecular weight is 314 g/mol. The predicted octanol–water partition coefficient (Wildman–Crippen LogP) is 3.35.